The van der Waals surface area contributed by atoms with E-state index in [9.17, 15) is 14.4 Å². The highest BCUT2D eigenvalue weighted by atomic mass is 35.5. The van der Waals surface area contributed by atoms with Gasteiger partial charge < -0.3 is 14.2 Å². The summed E-state index contributed by atoms with van der Waals surface area (Å²) in [4.78, 5) is 36.4. The van der Waals surface area contributed by atoms with Crippen LogP contribution in [0, 0.1) is 20.8 Å². The lowest BCUT2D eigenvalue weighted by atomic mass is 9.84. The maximum Gasteiger partial charge on any atom is 0.311 e. The Bertz CT molecular complexity index is 941. The highest BCUT2D eigenvalue weighted by Crippen LogP contribution is 2.44. The molecule has 6 nitrogen and oxygen atoms in total. The van der Waals surface area contributed by atoms with Crippen LogP contribution in [0.2, 0.25) is 0 Å². The molecule has 0 saturated carbocycles. The summed E-state index contributed by atoms with van der Waals surface area (Å²) in [6.07, 6.45) is 10.5. The number of ketones is 1. The van der Waals surface area contributed by atoms with E-state index in [1.54, 1.807) is 0 Å². The van der Waals surface area contributed by atoms with Gasteiger partial charge in [0.25, 0.3) is 0 Å². The maximum atomic E-state index is 13.2. The maximum absolute atomic E-state index is 13.2. The third-order valence-electron chi connectivity index (χ3n) is 7.41. The van der Waals surface area contributed by atoms with E-state index < -0.39 is 16.8 Å². The fourth-order valence-corrected chi connectivity index (χ4v) is 4.88. The Morgan fingerprint density at radius 2 is 1.51 bits per heavy atom. The largest absolute Gasteiger partial charge is 0.479 e. The minimum Gasteiger partial charge on any atom is -0.479 e. The van der Waals surface area contributed by atoms with Gasteiger partial charge in [-0.05, 0) is 88.1 Å². The summed E-state index contributed by atoms with van der Waals surface area (Å²) in [6, 6.07) is 0. The molecule has 0 radical (unpaired) electrons. The molecule has 0 bridgehead atoms. The normalized spacial score (nSPS) is 16.7. The zero-order chi connectivity index (χ0) is 27.4. The Hall–Kier alpha value is -1.92. The molecular weight excluding hydrogens is 492 g/mol. The highest BCUT2D eigenvalue weighted by molar-refractivity contribution is 6.63. The van der Waals surface area contributed by atoms with E-state index in [0.29, 0.717) is 25.0 Å². The van der Waals surface area contributed by atoms with Gasteiger partial charge in [-0.1, -0.05) is 39.0 Å². The molecule has 1 aromatic carbocycles. The lowest BCUT2D eigenvalue weighted by Gasteiger charge is -2.37. The second-order valence-corrected chi connectivity index (χ2v) is 10.9. The molecule has 1 aliphatic rings. The van der Waals surface area contributed by atoms with Crippen LogP contribution in [0.25, 0.3) is 0 Å². The Kier molecular flexibility index (Phi) is 13.1. The Labute approximate surface area is 227 Å². The number of hydrogen-bond acceptors (Lipinski definition) is 6. The van der Waals surface area contributed by atoms with Crippen molar-refractivity contribution in [2.45, 2.75) is 124 Å². The van der Waals surface area contributed by atoms with Gasteiger partial charge in [0.2, 0.25) is 5.24 Å². The van der Waals surface area contributed by atoms with E-state index in [1.807, 2.05) is 27.7 Å². The predicted octanol–water partition coefficient (Wildman–Crippen LogP) is 7.26. The molecule has 208 valence electrons. The fraction of sp³-hybridized carbons (Fsp3) is 0.700. The summed E-state index contributed by atoms with van der Waals surface area (Å²) in [7, 11) is 0. The van der Waals surface area contributed by atoms with Crippen LogP contribution < -0.4 is 9.47 Å². The molecule has 0 spiro atoms. The summed E-state index contributed by atoms with van der Waals surface area (Å²) in [5.74, 6) is 0.881. The number of rotatable bonds is 17. The fourth-order valence-electron chi connectivity index (χ4n) is 4.79. The predicted molar refractivity (Wildman–Crippen MR) is 147 cm³/mol. The van der Waals surface area contributed by atoms with Crippen LogP contribution in [0.3, 0.4) is 0 Å². The third-order valence-corrected chi connectivity index (χ3v) is 7.60. The van der Waals surface area contributed by atoms with E-state index in [1.165, 1.54) is 19.3 Å². The zero-order valence-corrected chi connectivity index (χ0v) is 24.2. The second kappa shape index (κ2) is 15.5. The number of esters is 1. The van der Waals surface area contributed by atoms with E-state index in [2.05, 4.69) is 6.92 Å². The number of halogens is 1. The summed E-state index contributed by atoms with van der Waals surface area (Å²) in [5.41, 5.74) is 2.62. The first-order valence-electron chi connectivity index (χ1n) is 13.9. The number of fused-ring (bicyclic) bond motifs is 1. The van der Waals surface area contributed by atoms with Crippen molar-refractivity contribution in [2.24, 2.45) is 0 Å². The molecular formula is C30H45ClO6. The van der Waals surface area contributed by atoms with E-state index in [-0.39, 0.29) is 18.6 Å². The van der Waals surface area contributed by atoms with Gasteiger partial charge >= 0.3 is 5.97 Å². The topological polar surface area (TPSA) is 78.9 Å². The quantitative estimate of drug-likeness (QED) is 0.0901. The van der Waals surface area contributed by atoms with Gasteiger partial charge in [0, 0.05) is 31.6 Å². The van der Waals surface area contributed by atoms with Crippen LogP contribution in [-0.4, -0.2) is 35.8 Å². The Balaban J connectivity index is 1.87. The first-order chi connectivity index (χ1) is 17.6. The van der Waals surface area contributed by atoms with Crippen molar-refractivity contribution in [1.29, 1.82) is 0 Å². The molecule has 0 saturated heterocycles. The standard InChI is InChI=1S/C30H45ClO6/c1-6-7-8-12-19-35-20-13-10-9-11-14-25(32)30(5)18-17-24-23(4)28(21(2)22(3)29(24)37-30)36-27(34)16-15-26(31)33/h6-20H2,1-5H3/t30-/m0/s1. The SMILES string of the molecule is CCCCCCOCCCCCCC(=O)[C@]1(C)CCc2c(C)c(OC(=O)CCC(=O)Cl)c(C)c(C)c2O1. The molecule has 7 heteroatoms. The summed E-state index contributed by atoms with van der Waals surface area (Å²) in [5, 5.41) is -0.563. The lowest BCUT2D eigenvalue weighted by Crippen LogP contribution is -2.44. The van der Waals surface area contributed by atoms with Crippen molar-refractivity contribution < 1.29 is 28.6 Å². The summed E-state index contributed by atoms with van der Waals surface area (Å²) < 4.78 is 17.7. The number of carbonyl (C=O) groups excluding carboxylic acids is 3. The number of hydrogen-bond donors (Lipinski definition) is 0. The van der Waals surface area contributed by atoms with E-state index >= 15 is 0 Å². The summed E-state index contributed by atoms with van der Waals surface area (Å²) in [6.45, 7) is 11.5. The van der Waals surface area contributed by atoms with Crippen LogP contribution in [0.1, 0.15) is 113 Å². The molecule has 37 heavy (non-hydrogen) atoms. The minimum absolute atomic E-state index is 0.0567. The molecule has 0 aliphatic carbocycles. The average molecular weight is 537 g/mol. The zero-order valence-electron chi connectivity index (χ0n) is 23.4. The molecule has 1 atom stereocenters. The monoisotopic (exact) mass is 536 g/mol. The van der Waals surface area contributed by atoms with Gasteiger partial charge in [-0.25, -0.2) is 0 Å². The van der Waals surface area contributed by atoms with Crippen molar-refractivity contribution in [3.8, 4) is 11.5 Å². The van der Waals surface area contributed by atoms with Crippen molar-refractivity contribution in [3.63, 3.8) is 0 Å². The summed E-state index contributed by atoms with van der Waals surface area (Å²) >= 11 is 5.35. The number of unbranched alkanes of at least 4 members (excludes halogenated alkanes) is 6. The number of benzene rings is 1. The Morgan fingerprint density at radius 3 is 2.16 bits per heavy atom. The van der Waals surface area contributed by atoms with Crippen molar-refractivity contribution in [1.82, 2.24) is 0 Å². The molecule has 0 amide bonds. The van der Waals surface area contributed by atoms with Crippen molar-refractivity contribution in [2.75, 3.05) is 13.2 Å². The van der Waals surface area contributed by atoms with Gasteiger partial charge in [0.15, 0.2) is 11.4 Å². The van der Waals surface area contributed by atoms with Crippen LogP contribution >= 0.6 is 11.6 Å². The molecule has 0 aromatic heterocycles. The second-order valence-electron chi connectivity index (χ2n) is 10.4. The first kappa shape index (κ1) is 31.3. The smallest absolute Gasteiger partial charge is 0.311 e. The number of carbonyl (C=O) groups is 3. The van der Waals surface area contributed by atoms with Crippen LogP contribution in [0.5, 0.6) is 11.5 Å². The molecule has 0 fully saturated rings. The molecule has 0 N–H and O–H groups in total. The van der Waals surface area contributed by atoms with Gasteiger partial charge in [-0.2, -0.15) is 0 Å². The van der Waals surface area contributed by atoms with Gasteiger partial charge in [0.05, 0.1) is 6.42 Å². The van der Waals surface area contributed by atoms with E-state index in [0.717, 1.165) is 73.3 Å². The lowest BCUT2D eigenvalue weighted by molar-refractivity contribution is -0.135. The first-order valence-corrected chi connectivity index (χ1v) is 14.3. The van der Waals surface area contributed by atoms with Gasteiger partial charge in [-0.3, -0.25) is 14.4 Å². The average Bonchev–Trinajstić information content (AvgIpc) is 2.87. The van der Waals surface area contributed by atoms with Crippen molar-refractivity contribution in [3.05, 3.63) is 22.3 Å². The third kappa shape index (κ3) is 9.40. The molecule has 1 aliphatic heterocycles. The molecule has 1 aromatic rings. The van der Waals surface area contributed by atoms with Crippen LogP contribution in [-0.2, 0) is 25.5 Å². The van der Waals surface area contributed by atoms with Crippen molar-refractivity contribution >= 4 is 28.6 Å². The molecule has 1 heterocycles. The molecule has 0 unspecified atom stereocenters. The Morgan fingerprint density at radius 1 is 0.865 bits per heavy atom. The van der Waals surface area contributed by atoms with Gasteiger partial charge in [-0.15, -0.1) is 0 Å². The van der Waals surface area contributed by atoms with Crippen LogP contribution in [0.4, 0.5) is 0 Å². The number of Topliss-reactive ketones (excluding diaryl/α,β-unsaturated/α-hetero) is 1. The number of ether oxygens (including phenoxy) is 3. The minimum atomic E-state index is -0.850. The highest BCUT2D eigenvalue weighted by Gasteiger charge is 2.40. The molecule has 2 rings (SSSR count). The van der Waals surface area contributed by atoms with Crippen LogP contribution in [0.15, 0.2) is 0 Å². The van der Waals surface area contributed by atoms with Gasteiger partial charge in [0.1, 0.15) is 11.5 Å². The van der Waals surface area contributed by atoms with E-state index in [4.69, 9.17) is 25.8 Å².